The summed E-state index contributed by atoms with van der Waals surface area (Å²) in [6.45, 7) is 4.82. The van der Waals surface area contributed by atoms with E-state index in [1.807, 2.05) is 6.07 Å². The van der Waals surface area contributed by atoms with Crippen molar-refractivity contribution in [2.24, 2.45) is 0 Å². The SMILES string of the molecule is CC(C)NCc1cc(Br)cnc1Oc1cc(Cl)ccc1Cl. The van der Waals surface area contributed by atoms with E-state index in [1.54, 1.807) is 24.4 Å². The van der Waals surface area contributed by atoms with Crippen LogP contribution >= 0.6 is 39.1 Å². The quantitative estimate of drug-likeness (QED) is 0.738. The Kier molecular flexibility index (Phi) is 5.88. The second-order valence-electron chi connectivity index (χ2n) is 4.83. The lowest BCUT2D eigenvalue weighted by atomic mass is 10.2. The molecule has 0 aliphatic carbocycles. The van der Waals surface area contributed by atoms with Crippen LogP contribution in [0.4, 0.5) is 0 Å². The first-order valence-corrected chi connectivity index (χ1v) is 8.01. The molecule has 1 aromatic heterocycles. The molecular weight excluding hydrogens is 375 g/mol. The summed E-state index contributed by atoms with van der Waals surface area (Å²) in [5, 5.41) is 4.40. The van der Waals surface area contributed by atoms with E-state index < -0.39 is 0 Å². The molecular formula is C15H15BrCl2N2O. The minimum atomic E-state index is 0.367. The number of benzene rings is 1. The minimum absolute atomic E-state index is 0.367. The zero-order valence-corrected chi connectivity index (χ0v) is 14.8. The zero-order valence-electron chi connectivity index (χ0n) is 11.7. The van der Waals surface area contributed by atoms with E-state index in [0.29, 0.717) is 34.3 Å². The summed E-state index contributed by atoms with van der Waals surface area (Å²) in [6, 6.07) is 7.42. The Morgan fingerprint density at radius 2 is 2.05 bits per heavy atom. The lowest BCUT2D eigenvalue weighted by molar-refractivity contribution is 0.450. The second kappa shape index (κ2) is 7.45. The molecule has 2 aromatic rings. The molecule has 0 aliphatic heterocycles. The van der Waals surface area contributed by atoms with Crippen LogP contribution in [0.3, 0.4) is 0 Å². The number of hydrogen-bond acceptors (Lipinski definition) is 3. The first-order chi connectivity index (χ1) is 9.95. The first kappa shape index (κ1) is 16.6. The molecule has 0 unspecified atom stereocenters. The number of nitrogens with zero attached hydrogens (tertiary/aromatic N) is 1. The third-order valence-electron chi connectivity index (χ3n) is 2.69. The Labute approximate surface area is 142 Å². The first-order valence-electron chi connectivity index (χ1n) is 6.46. The van der Waals surface area contributed by atoms with Gasteiger partial charge < -0.3 is 10.1 Å². The maximum atomic E-state index is 6.12. The maximum Gasteiger partial charge on any atom is 0.223 e. The van der Waals surface area contributed by atoms with Crippen molar-refractivity contribution in [1.29, 1.82) is 0 Å². The van der Waals surface area contributed by atoms with Crippen LogP contribution in [0.2, 0.25) is 10.0 Å². The van der Waals surface area contributed by atoms with Gasteiger partial charge in [-0.05, 0) is 34.1 Å². The molecule has 0 atom stereocenters. The largest absolute Gasteiger partial charge is 0.437 e. The van der Waals surface area contributed by atoms with Crippen molar-refractivity contribution in [3.05, 3.63) is 50.5 Å². The van der Waals surface area contributed by atoms with Crippen molar-refractivity contribution in [3.8, 4) is 11.6 Å². The van der Waals surface area contributed by atoms with Crippen LogP contribution in [0, 0.1) is 0 Å². The standard InChI is InChI=1S/C15H15BrCl2N2O/c1-9(2)19-7-10-5-11(16)8-20-15(10)21-14-6-12(17)3-4-13(14)18/h3-6,8-9,19H,7H2,1-2H3. The van der Waals surface area contributed by atoms with Gasteiger partial charge in [0.1, 0.15) is 5.75 Å². The highest BCUT2D eigenvalue weighted by Crippen LogP contribution is 2.33. The van der Waals surface area contributed by atoms with Crippen LogP contribution in [0.1, 0.15) is 19.4 Å². The molecule has 1 N–H and O–H groups in total. The van der Waals surface area contributed by atoms with E-state index in [1.165, 1.54) is 0 Å². The predicted molar refractivity (Wildman–Crippen MR) is 90.4 cm³/mol. The summed E-state index contributed by atoms with van der Waals surface area (Å²) in [5.41, 5.74) is 0.939. The Hall–Kier alpha value is -0.810. The molecule has 1 heterocycles. The summed E-state index contributed by atoms with van der Waals surface area (Å²) < 4.78 is 6.72. The zero-order chi connectivity index (χ0) is 15.4. The molecule has 0 spiro atoms. The Morgan fingerprint density at radius 1 is 1.29 bits per heavy atom. The van der Waals surface area contributed by atoms with Crippen molar-refractivity contribution < 1.29 is 4.74 Å². The minimum Gasteiger partial charge on any atom is -0.437 e. The van der Waals surface area contributed by atoms with E-state index in [4.69, 9.17) is 27.9 Å². The van der Waals surface area contributed by atoms with Gasteiger partial charge in [0.25, 0.3) is 0 Å². The van der Waals surface area contributed by atoms with Crippen LogP contribution in [-0.2, 0) is 6.54 Å². The molecule has 0 saturated heterocycles. The molecule has 0 aliphatic rings. The lowest BCUT2D eigenvalue weighted by Gasteiger charge is -2.13. The van der Waals surface area contributed by atoms with E-state index in [2.05, 4.69) is 40.1 Å². The lowest BCUT2D eigenvalue weighted by Crippen LogP contribution is -2.22. The highest BCUT2D eigenvalue weighted by atomic mass is 79.9. The molecule has 2 rings (SSSR count). The highest BCUT2D eigenvalue weighted by Gasteiger charge is 2.11. The van der Waals surface area contributed by atoms with E-state index >= 15 is 0 Å². The molecule has 0 amide bonds. The van der Waals surface area contributed by atoms with Crippen molar-refractivity contribution >= 4 is 39.1 Å². The van der Waals surface area contributed by atoms with E-state index in [9.17, 15) is 0 Å². The topological polar surface area (TPSA) is 34.2 Å². The smallest absolute Gasteiger partial charge is 0.223 e. The summed E-state index contributed by atoms with van der Waals surface area (Å²) >= 11 is 15.5. The van der Waals surface area contributed by atoms with Gasteiger partial charge in [0.05, 0.1) is 5.02 Å². The van der Waals surface area contributed by atoms with Gasteiger partial charge in [-0.3, -0.25) is 0 Å². The van der Waals surface area contributed by atoms with Crippen LogP contribution < -0.4 is 10.1 Å². The van der Waals surface area contributed by atoms with Crippen LogP contribution in [-0.4, -0.2) is 11.0 Å². The highest BCUT2D eigenvalue weighted by molar-refractivity contribution is 9.10. The van der Waals surface area contributed by atoms with Gasteiger partial charge in [0, 0.05) is 39.9 Å². The molecule has 112 valence electrons. The van der Waals surface area contributed by atoms with Crippen molar-refractivity contribution in [1.82, 2.24) is 10.3 Å². The van der Waals surface area contributed by atoms with Gasteiger partial charge >= 0.3 is 0 Å². The van der Waals surface area contributed by atoms with Crippen molar-refractivity contribution in [2.75, 3.05) is 0 Å². The van der Waals surface area contributed by atoms with Crippen LogP contribution in [0.15, 0.2) is 34.9 Å². The Morgan fingerprint density at radius 3 is 2.76 bits per heavy atom. The summed E-state index contributed by atoms with van der Waals surface area (Å²) in [7, 11) is 0. The molecule has 0 radical (unpaired) electrons. The molecule has 6 heteroatoms. The van der Waals surface area contributed by atoms with Gasteiger partial charge in [-0.1, -0.05) is 37.0 Å². The van der Waals surface area contributed by atoms with Gasteiger partial charge in [0.2, 0.25) is 5.88 Å². The average molecular weight is 390 g/mol. The molecule has 0 saturated carbocycles. The molecule has 21 heavy (non-hydrogen) atoms. The molecule has 1 aromatic carbocycles. The van der Waals surface area contributed by atoms with Crippen molar-refractivity contribution in [3.63, 3.8) is 0 Å². The third-order valence-corrected chi connectivity index (χ3v) is 3.67. The van der Waals surface area contributed by atoms with Crippen LogP contribution in [0.25, 0.3) is 0 Å². The number of pyridine rings is 1. The van der Waals surface area contributed by atoms with Gasteiger partial charge in [-0.15, -0.1) is 0 Å². The second-order valence-corrected chi connectivity index (χ2v) is 6.59. The Bertz CT molecular complexity index is 635. The van der Waals surface area contributed by atoms with E-state index in [0.717, 1.165) is 10.0 Å². The Balaban J connectivity index is 2.28. The molecule has 3 nitrogen and oxygen atoms in total. The van der Waals surface area contributed by atoms with Gasteiger partial charge in [-0.2, -0.15) is 0 Å². The van der Waals surface area contributed by atoms with Crippen molar-refractivity contribution in [2.45, 2.75) is 26.4 Å². The normalized spacial score (nSPS) is 11.0. The fraction of sp³-hybridized carbons (Fsp3) is 0.267. The fourth-order valence-corrected chi connectivity index (χ4v) is 2.36. The summed E-state index contributed by atoms with van der Waals surface area (Å²) in [4.78, 5) is 4.31. The summed E-state index contributed by atoms with van der Waals surface area (Å²) in [5.74, 6) is 1.00. The number of halogens is 3. The monoisotopic (exact) mass is 388 g/mol. The number of ether oxygens (including phenoxy) is 1. The fourth-order valence-electron chi connectivity index (χ4n) is 1.66. The number of rotatable bonds is 5. The number of hydrogen-bond donors (Lipinski definition) is 1. The van der Waals surface area contributed by atoms with Crippen LogP contribution in [0.5, 0.6) is 11.6 Å². The maximum absolute atomic E-state index is 6.12. The van der Waals surface area contributed by atoms with E-state index in [-0.39, 0.29) is 0 Å². The average Bonchev–Trinajstić information content (AvgIpc) is 2.43. The molecule has 0 bridgehead atoms. The van der Waals surface area contributed by atoms with Gasteiger partial charge in [-0.25, -0.2) is 4.98 Å². The number of nitrogens with one attached hydrogen (secondary N) is 1. The van der Waals surface area contributed by atoms with Gasteiger partial charge in [0.15, 0.2) is 0 Å². The molecule has 0 fully saturated rings. The number of aromatic nitrogens is 1. The third kappa shape index (κ3) is 4.85. The predicted octanol–water partition coefficient (Wildman–Crippen LogP) is 5.44. The summed E-state index contributed by atoms with van der Waals surface area (Å²) in [6.07, 6.45) is 1.69.